The van der Waals surface area contributed by atoms with Gasteiger partial charge < -0.3 is 10.2 Å². The van der Waals surface area contributed by atoms with E-state index in [4.69, 9.17) is 5.11 Å². The predicted molar refractivity (Wildman–Crippen MR) is 84.7 cm³/mol. The van der Waals surface area contributed by atoms with Crippen LogP contribution in [0.25, 0.3) is 0 Å². The Hall–Kier alpha value is -1.95. The molecule has 0 saturated heterocycles. The normalized spacial score (nSPS) is 12.8. The van der Waals surface area contributed by atoms with Crippen LogP contribution in [-0.2, 0) is 16.4 Å². The number of benzene rings is 2. The lowest BCUT2D eigenvalue weighted by Gasteiger charge is -2.14. The molecule has 0 saturated carbocycles. The molecule has 4 nitrogen and oxygen atoms in total. The summed E-state index contributed by atoms with van der Waals surface area (Å²) in [6, 6.07) is 14.7. The maximum Gasteiger partial charge on any atom is 0.202 e. The largest absolute Gasteiger partial charge is 0.392 e. The van der Waals surface area contributed by atoms with Gasteiger partial charge in [-0.15, -0.1) is 0 Å². The fourth-order valence-electron chi connectivity index (χ4n) is 2.05. The van der Waals surface area contributed by atoms with E-state index in [-0.39, 0.29) is 22.8 Å². The van der Waals surface area contributed by atoms with Crippen molar-refractivity contribution in [3.63, 3.8) is 0 Å². The Labute approximate surface area is 130 Å². The lowest BCUT2D eigenvalue weighted by Crippen LogP contribution is -2.08. The van der Waals surface area contributed by atoms with Gasteiger partial charge in [-0.2, -0.15) is 0 Å². The second-order valence-electron chi connectivity index (χ2n) is 4.97. The van der Waals surface area contributed by atoms with E-state index in [0.29, 0.717) is 5.56 Å². The van der Waals surface area contributed by atoms with Crippen molar-refractivity contribution in [1.29, 1.82) is 0 Å². The second-order valence-corrected chi connectivity index (χ2v) is 7.03. The molecule has 0 fully saturated rings. The molecule has 22 heavy (non-hydrogen) atoms. The number of aliphatic hydroxyl groups is 2. The molecule has 0 aliphatic rings. The Bertz CT molecular complexity index is 734. The van der Waals surface area contributed by atoms with E-state index >= 15 is 0 Å². The molecule has 1 unspecified atom stereocenters. The van der Waals surface area contributed by atoms with Crippen molar-refractivity contribution in [2.24, 2.45) is 0 Å². The van der Waals surface area contributed by atoms with E-state index in [0.717, 1.165) is 5.56 Å². The summed E-state index contributed by atoms with van der Waals surface area (Å²) in [5.41, 5.74) is 1.31. The standard InChI is InChI=1S/C17H18O4S/c1-13(22(20,21)16-5-3-2-4-6-16)11-17(19)15-9-7-14(12-18)8-10-15/h2-10,17-19H,1,11-12H2. The summed E-state index contributed by atoms with van der Waals surface area (Å²) in [4.78, 5) is 0.139. The van der Waals surface area contributed by atoms with Crippen molar-refractivity contribution in [2.75, 3.05) is 0 Å². The minimum absolute atomic E-state index is 0.0302. The first-order chi connectivity index (χ1) is 10.4. The first kappa shape index (κ1) is 16.4. The van der Waals surface area contributed by atoms with Crippen molar-refractivity contribution in [3.8, 4) is 0 Å². The Kier molecular flexibility index (Phi) is 5.13. The highest BCUT2D eigenvalue weighted by atomic mass is 32.2. The number of rotatable bonds is 6. The Morgan fingerprint density at radius 1 is 1.05 bits per heavy atom. The molecule has 2 N–H and O–H groups in total. The highest BCUT2D eigenvalue weighted by Gasteiger charge is 2.21. The van der Waals surface area contributed by atoms with Gasteiger partial charge in [-0.1, -0.05) is 49.0 Å². The van der Waals surface area contributed by atoms with E-state index in [1.54, 1.807) is 42.5 Å². The Balaban J connectivity index is 2.13. The molecule has 0 aliphatic carbocycles. The summed E-state index contributed by atoms with van der Waals surface area (Å²) in [6.45, 7) is 3.54. The molecule has 0 radical (unpaired) electrons. The molecule has 0 spiro atoms. The zero-order valence-electron chi connectivity index (χ0n) is 12.0. The molecule has 0 aliphatic heterocycles. The average Bonchev–Trinajstić information content (AvgIpc) is 2.55. The van der Waals surface area contributed by atoms with E-state index in [2.05, 4.69) is 6.58 Å². The summed E-state index contributed by atoms with van der Waals surface area (Å²) in [7, 11) is -3.65. The van der Waals surface area contributed by atoms with Crippen LogP contribution < -0.4 is 0 Å². The van der Waals surface area contributed by atoms with Crippen molar-refractivity contribution in [1.82, 2.24) is 0 Å². The predicted octanol–water partition coefficient (Wildman–Crippen LogP) is 2.59. The van der Waals surface area contributed by atoms with Gasteiger partial charge in [-0.05, 0) is 23.3 Å². The zero-order chi connectivity index (χ0) is 16.2. The van der Waals surface area contributed by atoms with E-state index < -0.39 is 15.9 Å². The van der Waals surface area contributed by atoms with Crippen LogP contribution in [0.2, 0.25) is 0 Å². The highest BCUT2D eigenvalue weighted by Crippen LogP contribution is 2.27. The highest BCUT2D eigenvalue weighted by molar-refractivity contribution is 7.95. The molecule has 0 aromatic heterocycles. The van der Waals surface area contributed by atoms with E-state index in [1.165, 1.54) is 12.1 Å². The molecular formula is C17H18O4S. The first-order valence-electron chi connectivity index (χ1n) is 6.81. The molecule has 2 aromatic carbocycles. The first-order valence-corrected chi connectivity index (χ1v) is 8.29. The molecule has 1 atom stereocenters. The van der Waals surface area contributed by atoms with E-state index in [1.807, 2.05) is 0 Å². The lowest BCUT2D eigenvalue weighted by molar-refractivity contribution is 0.180. The van der Waals surface area contributed by atoms with Crippen LogP contribution in [0, 0.1) is 0 Å². The molecule has 5 heteroatoms. The Morgan fingerprint density at radius 3 is 2.18 bits per heavy atom. The summed E-state index contributed by atoms with van der Waals surface area (Å²) >= 11 is 0. The third kappa shape index (κ3) is 3.62. The Morgan fingerprint density at radius 2 is 1.64 bits per heavy atom. The summed E-state index contributed by atoms with van der Waals surface area (Å²) in [6.07, 6.45) is -1.03. The summed E-state index contributed by atoms with van der Waals surface area (Å²) in [5, 5.41) is 19.2. The quantitative estimate of drug-likeness (QED) is 0.858. The van der Waals surface area contributed by atoms with Gasteiger partial charge in [0.1, 0.15) is 0 Å². The maximum atomic E-state index is 12.4. The van der Waals surface area contributed by atoms with Crippen molar-refractivity contribution < 1.29 is 18.6 Å². The van der Waals surface area contributed by atoms with Gasteiger partial charge in [0.2, 0.25) is 9.84 Å². The van der Waals surface area contributed by atoms with Crippen molar-refractivity contribution in [3.05, 3.63) is 77.2 Å². The van der Waals surface area contributed by atoms with Crippen molar-refractivity contribution in [2.45, 2.75) is 24.0 Å². The number of aliphatic hydroxyl groups excluding tert-OH is 2. The smallest absolute Gasteiger partial charge is 0.202 e. The van der Waals surface area contributed by atoms with Gasteiger partial charge in [0, 0.05) is 11.3 Å². The average molecular weight is 318 g/mol. The third-order valence-corrected chi connectivity index (χ3v) is 5.22. The lowest BCUT2D eigenvalue weighted by atomic mass is 10.0. The summed E-state index contributed by atoms with van der Waals surface area (Å²) < 4.78 is 24.7. The molecular weight excluding hydrogens is 300 g/mol. The second kappa shape index (κ2) is 6.87. The molecule has 2 rings (SSSR count). The van der Waals surface area contributed by atoms with Crippen LogP contribution >= 0.6 is 0 Å². The minimum Gasteiger partial charge on any atom is -0.392 e. The molecule has 116 valence electrons. The third-order valence-electron chi connectivity index (χ3n) is 3.40. The van der Waals surface area contributed by atoms with Gasteiger partial charge in [0.15, 0.2) is 0 Å². The fourth-order valence-corrected chi connectivity index (χ4v) is 3.28. The monoisotopic (exact) mass is 318 g/mol. The number of sulfone groups is 1. The van der Waals surface area contributed by atoms with Gasteiger partial charge >= 0.3 is 0 Å². The van der Waals surface area contributed by atoms with Crippen LogP contribution in [0.5, 0.6) is 0 Å². The SMILES string of the molecule is C=C(CC(O)c1ccc(CO)cc1)S(=O)(=O)c1ccccc1. The van der Waals surface area contributed by atoms with E-state index in [9.17, 15) is 13.5 Å². The van der Waals surface area contributed by atoms with Crippen LogP contribution in [0.1, 0.15) is 23.7 Å². The zero-order valence-corrected chi connectivity index (χ0v) is 12.8. The number of hydrogen-bond acceptors (Lipinski definition) is 4. The molecule has 0 bridgehead atoms. The molecule has 0 heterocycles. The van der Waals surface area contributed by atoms with Gasteiger partial charge in [-0.25, -0.2) is 8.42 Å². The summed E-state index contributed by atoms with van der Waals surface area (Å²) in [5.74, 6) is 0. The minimum atomic E-state index is -3.65. The van der Waals surface area contributed by atoms with Gasteiger partial charge in [0.25, 0.3) is 0 Å². The van der Waals surface area contributed by atoms with Crippen LogP contribution in [0.3, 0.4) is 0 Å². The van der Waals surface area contributed by atoms with Crippen LogP contribution in [0.15, 0.2) is 71.0 Å². The number of hydrogen-bond donors (Lipinski definition) is 2. The fraction of sp³-hybridized carbons (Fsp3) is 0.176. The maximum absolute atomic E-state index is 12.4. The van der Waals surface area contributed by atoms with Crippen LogP contribution in [-0.4, -0.2) is 18.6 Å². The van der Waals surface area contributed by atoms with Gasteiger partial charge in [0.05, 0.1) is 17.6 Å². The van der Waals surface area contributed by atoms with Crippen molar-refractivity contribution >= 4 is 9.84 Å². The van der Waals surface area contributed by atoms with Gasteiger partial charge in [-0.3, -0.25) is 0 Å². The molecule has 2 aromatic rings. The molecule has 0 amide bonds. The topological polar surface area (TPSA) is 74.6 Å². The van der Waals surface area contributed by atoms with Crippen LogP contribution in [0.4, 0.5) is 0 Å².